The number of rotatable bonds is 10. The van der Waals surface area contributed by atoms with E-state index in [4.69, 9.17) is 26.4 Å². The third-order valence-corrected chi connectivity index (χ3v) is 7.62. The molecule has 0 spiro atoms. The Morgan fingerprint density at radius 3 is 2.41 bits per heavy atom. The minimum absolute atomic E-state index is 0.00505. The van der Waals surface area contributed by atoms with Gasteiger partial charge in [-0.1, -0.05) is 18.2 Å². The molecule has 198 valence electrons. The maximum absolute atomic E-state index is 12.9. The first-order valence-electron chi connectivity index (χ1n) is 11.9. The Hall–Kier alpha value is -3.86. The Morgan fingerprint density at radius 2 is 1.84 bits per heavy atom. The van der Waals surface area contributed by atoms with E-state index in [1.165, 1.54) is 0 Å². The van der Waals surface area contributed by atoms with Crippen molar-refractivity contribution in [2.45, 2.75) is 32.8 Å². The van der Waals surface area contributed by atoms with Crippen molar-refractivity contribution in [1.29, 1.82) is 10.8 Å². The largest absolute Gasteiger partial charge is 0.490 e. The molecule has 0 saturated carbocycles. The fourth-order valence-electron chi connectivity index (χ4n) is 4.15. The van der Waals surface area contributed by atoms with Gasteiger partial charge >= 0.3 is 5.97 Å². The molecule has 1 saturated heterocycles. The maximum Gasteiger partial charge on any atom is 0.320 e. The minimum atomic E-state index is -4.15. The quantitative estimate of drug-likeness (QED) is 0.273. The summed E-state index contributed by atoms with van der Waals surface area (Å²) in [4.78, 5) is 13.2. The van der Waals surface area contributed by atoms with Gasteiger partial charge in [0.15, 0.2) is 5.75 Å². The smallest absolute Gasteiger partial charge is 0.320 e. The van der Waals surface area contributed by atoms with Gasteiger partial charge in [-0.05, 0) is 61.4 Å². The van der Waals surface area contributed by atoms with E-state index in [1.807, 2.05) is 17.9 Å². The monoisotopic (exact) mass is 527 g/mol. The van der Waals surface area contributed by atoms with Crippen LogP contribution in [0, 0.1) is 17.7 Å². The van der Waals surface area contributed by atoms with Crippen molar-refractivity contribution in [2.75, 3.05) is 29.7 Å². The van der Waals surface area contributed by atoms with Crippen LogP contribution in [0.1, 0.15) is 36.5 Å². The molecule has 37 heavy (non-hydrogen) atoms. The van der Waals surface area contributed by atoms with Crippen molar-refractivity contribution in [2.24, 2.45) is 5.73 Å². The van der Waals surface area contributed by atoms with E-state index in [9.17, 15) is 13.2 Å². The van der Waals surface area contributed by atoms with Gasteiger partial charge in [0.2, 0.25) is 10.0 Å². The van der Waals surface area contributed by atoms with Crippen LogP contribution in [0.15, 0.2) is 48.5 Å². The summed E-state index contributed by atoms with van der Waals surface area (Å²) in [7, 11) is -4.15. The zero-order valence-corrected chi connectivity index (χ0v) is 21.8. The number of amidine groups is 2. The number of hydrogen-bond donors (Lipinski definition) is 4. The molecule has 3 rings (SSSR count). The van der Waals surface area contributed by atoms with Crippen LogP contribution < -0.4 is 14.8 Å². The van der Waals surface area contributed by atoms with Crippen molar-refractivity contribution in [1.82, 2.24) is 4.90 Å². The van der Waals surface area contributed by atoms with Gasteiger partial charge in [-0.25, -0.2) is 8.42 Å². The molecular formula is C26H33N5O5S. The van der Waals surface area contributed by atoms with E-state index >= 15 is 0 Å². The summed E-state index contributed by atoms with van der Waals surface area (Å²) in [6.45, 7) is 5.06. The van der Waals surface area contributed by atoms with E-state index in [1.54, 1.807) is 55.5 Å². The summed E-state index contributed by atoms with van der Waals surface area (Å²) in [5.74, 6) is -1.41. The summed E-state index contributed by atoms with van der Waals surface area (Å²) < 4.78 is 32.9. The number of anilines is 1. The SMILES string of the molecule is CC(=N)N1CCC(Oc2ccc(N(CC=Cc3cc(C)cc(C(=N)N)c3)S(=O)(=O)CC(=O)O)cc2)CC1. The summed E-state index contributed by atoms with van der Waals surface area (Å²) in [6, 6.07) is 11.9. The van der Waals surface area contributed by atoms with E-state index in [2.05, 4.69) is 0 Å². The molecule has 1 aliphatic heterocycles. The molecule has 2 aromatic carbocycles. The maximum atomic E-state index is 12.9. The second kappa shape index (κ2) is 11.9. The number of aliphatic carboxylic acids is 1. The second-order valence-corrected chi connectivity index (χ2v) is 10.9. The number of carboxylic acids is 1. The first kappa shape index (κ1) is 27.7. The molecule has 0 unspecified atom stereocenters. The number of likely N-dealkylation sites (tertiary alicyclic amines) is 1. The van der Waals surface area contributed by atoms with Gasteiger partial charge < -0.3 is 20.5 Å². The van der Waals surface area contributed by atoms with E-state index in [0.717, 1.165) is 41.4 Å². The summed E-state index contributed by atoms with van der Waals surface area (Å²) >= 11 is 0. The number of ether oxygens (including phenoxy) is 1. The van der Waals surface area contributed by atoms with Crippen LogP contribution in [0.5, 0.6) is 5.75 Å². The van der Waals surface area contributed by atoms with Crippen LogP contribution >= 0.6 is 0 Å². The first-order valence-corrected chi connectivity index (χ1v) is 13.5. The van der Waals surface area contributed by atoms with Crippen LogP contribution in [-0.2, 0) is 14.8 Å². The summed E-state index contributed by atoms with van der Waals surface area (Å²) in [5.41, 5.74) is 8.12. The lowest BCUT2D eigenvalue weighted by Crippen LogP contribution is -2.40. The zero-order chi connectivity index (χ0) is 27.2. The molecule has 2 aromatic rings. The lowest BCUT2D eigenvalue weighted by molar-refractivity contribution is -0.134. The molecule has 10 nitrogen and oxygen atoms in total. The molecule has 0 aliphatic carbocycles. The number of piperidine rings is 1. The predicted molar refractivity (Wildman–Crippen MR) is 145 cm³/mol. The number of nitrogens with two attached hydrogens (primary N) is 1. The van der Waals surface area contributed by atoms with Crippen LogP contribution in [-0.4, -0.2) is 67.6 Å². The second-order valence-electron chi connectivity index (χ2n) is 9.01. The van der Waals surface area contributed by atoms with Gasteiger partial charge in [-0.2, -0.15) is 0 Å². The topological polar surface area (TPSA) is 161 Å². The number of benzene rings is 2. The van der Waals surface area contributed by atoms with E-state index in [-0.39, 0.29) is 18.5 Å². The molecule has 1 fully saturated rings. The van der Waals surface area contributed by atoms with Crippen molar-refractivity contribution in [3.63, 3.8) is 0 Å². The van der Waals surface area contributed by atoms with Crippen molar-refractivity contribution >= 4 is 39.4 Å². The molecule has 5 N–H and O–H groups in total. The molecule has 0 amide bonds. The molecule has 0 aromatic heterocycles. The first-order chi connectivity index (χ1) is 17.4. The Morgan fingerprint density at radius 1 is 1.19 bits per heavy atom. The van der Waals surface area contributed by atoms with Crippen molar-refractivity contribution in [3.05, 3.63) is 65.2 Å². The lowest BCUT2D eigenvalue weighted by Gasteiger charge is -2.32. The van der Waals surface area contributed by atoms with Crippen molar-refractivity contribution in [3.8, 4) is 5.75 Å². The zero-order valence-electron chi connectivity index (χ0n) is 21.0. The molecule has 0 radical (unpaired) electrons. The molecule has 1 aliphatic rings. The fourth-order valence-corrected chi connectivity index (χ4v) is 5.38. The van der Waals surface area contributed by atoms with E-state index < -0.39 is 21.7 Å². The average Bonchev–Trinajstić information content (AvgIpc) is 2.81. The van der Waals surface area contributed by atoms with Gasteiger partial charge in [0.05, 0.1) is 18.1 Å². The van der Waals surface area contributed by atoms with Crippen LogP contribution in [0.25, 0.3) is 6.08 Å². The van der Waals surface area contributed by atoms with Crippen LogP contribution in [0.2, 0.25) is 0 Å². The highest BCUT2D eigenvalue weighted by atomic mass is 32.2. The molecular weight excluding hydrogens is 494 g/mol. The third-order valence-electron chi connectivity index (χ3n) is 5.98. The fraction of sp³-hybridized carbons (Fsp3) is 0.346. The number of nitrogens with zero attached hydrogens (tertiary/aromatic N) is 2. The van der Waals surface area contributed by atoms with Crippen LogP contribution in [0.4, 0.5) is 5.69 Å². The number of aryl methyl sites for hydroxylation is 1. The van der Waals surface area contributed by atoms with E-state index in [0.29, 0.717) is 22.8 Å². The Kier molecular flexibility index (Phi) is 8.93. The number of sulfonamides is 1. The summed E-state index contributed by atoms with van der Waals surface area (Å²) in [6.07, 6.45) is 4.91. The van der Waals surface area contributed by atoms with Gasteiger partial charge in [0.1, 0.15) is 17.7 Å². The Labute approximate surface area is 217 Å². The predicted octanol–water partition coefficient (Wildman–Crippen LogP) is 3.05. The number of carboxylic acid groups (broad SMARTS) is 1. The minimum Gasteiger partial charge on any atom is -0.490 e. The molecule has 1 heterocycles. The Balaban J connectivity index is 1.76. The standard InChI is InChI=1S/C26H33N5O5S/c1-18-14-20(16-21(15-18)26(28)29)4-3-11-31(37(34,35)17-25(32)33)22-5-7-23(8-6-22)36-24-9-12-30(13-10-24)19(2)27/h3-8,14-16,24,27H,9-13,17H2,1-2H3,(H3,28,29)(H,32,33). The Bertz CT molecular complexity index is 1280. The average molecular weight is 528 g/mol. The summed E-state index contributed by atoms with van der Waals surface area (Å²) in [5, 5.41) is 24.5. The van der Waals surface area contributed by atoms with Crippen molar-refractivity contribution < 1.29 is 23.1 Å². The third kappa shape index (κ3) is 7.81. The molecule has 0 atom stereocenters. The van der Waals surface area contributed by atoms with Gasteiger partial charge in [-0.15, -0.1) is 0 Å². The highest BCUT2D eigenvalue weighted by Crippen LogP contribution is 2.25. The number of hydrogen-bond acceptors (Lipinski definition) is 6. The number of nitrogen functional groups attached to an aromatic ring is 1. The molecule has 11 heteroatoms. The number of nitrogens with one attached hydrogen (secondary N) is 2. The van der Waals surface area contributed by atoms with Gasteiger partial charge in [-0.3, -0.25) is 19.9 Å². The lowest BCUT2D eigenvalue weighted by atomic mass is 10.1. The van der Waals surface area contributed by atoms with Crippen LogP contribution in [0.3, 0.4) is 0 Å². The normalized spacial score (nSPS) is 14.5. The number of carbonyl (C=O) groups is 1. The highest BCUT2D eigenvalue weighted by Gasteiger charge is 2.25. The highest BCUT2D eigenvalue weighted by molar-refractivity contribution is 7.93. The van der Waals surface area contributed by atoms with Gasteiger partial charge in [0.25, 0.3) is 0 Å². The van der Waals surface area contributed by atoms with Gasteiger partial charge in [0, 0.05) is 31.5 Å². The molecule has 0 bridgehead atoms.